The molecule has 0 aliphatic heterocycles. The highest BCUT2D eigenvalue weighted by atomic mass is 32.1. The van der Waals surface area contributed by atoms with E-state index in [0.717, 1.165) is 34.1 Å². The summed E-state index contributed by atoms with van der Waals surface area (Å²) in [6.07, 6.45) is 0. The van der Waals surface area contributed by atoms with E-state index in [1.165, 1.54) is 7.11 Å². The van der Waals surface area contributed by atoms with Crippen LogP contribution in [0.5, 0.6) is 0 Å². The number of anilines is 1. The molecule has 0 aliphatic carbocycles. The number of rotatable bonds is 4. The van der Waals surface area contributed by atoms with E-state index in [2.05, 4.69) is 5.32 Å². The molecule has 3 rings (SSSR count). The molecule has 29 heavy (non-hydrogen) atoms. The lowest BCUT2D eigenvalue weighted by atomic mass is 9.97. The molecule has 0 radical (unpaired) electrons. The Morgan fingerprint density at radius 2 is 1.72 bits per heavy atom. The van der Waals surface area contributed by atoms with Crippen LogP contribution in [0, 0.1) is 31.3 Å². The van der Waals surface area contributed by atoms with Gasteiger partial charge in [0.05, 0.1) is 12.7 Å². The lowest BCUT2D eigenvalue weighted by molar-refractivity contribution is 0.0603. The van der Waals surface area contributed by atoms with Crippen LogP contribution in [-0.2, 0) is 4.74 Å². The zero-order valence-corrected chi connectivity index (χ0v) is 16.5. The van der Waals surface area contributed by atoms with Gasteiger partial charge in [0, 0.05) is 10.9 Å². The molecule has 4 nitrogen and oxygen atoms in total. The molecule has 150 valence electrons. The number of thiophene rings is 1. The van der Waals surface area contributed by atoms with Gasteiger partial charge in [-0.25, -0.2) is 18.0 Å². The minimum atomic E-state index is -1.74. The monoisotopic (exact) mass is 419 g/mol. The van der Waals surface area contributed by atoms with E-state index in [1.807, 2.05) is 32.0 Å². The van der Waals surface area contributed by atoms with Gasteiger partial charge in [-0.15, -0.1) is 11.3 Å². The van der Waals surface area contributed by atoms with Crippen molar-refractivity contribution >= 4 is 28.2 Å². The SMILES string of the molecule is COC(=O)c1c(-c2cc(C)ccc2C)csc1NC(=O)c1ccc(F)c(F)c1F. The van der Waals surface area contributed by atoms with Crippen LogP contribution in [0.15, 0.2) is 35.7 Å². The molecule has 1 heterocycles. The standard InChI is InChI=1S/C21H16F3NO3S/c1-10-4-5-11(2)13(8-10)14-9-29-20(16(14)21(27)28-3)25-19(26)12-6-7-15(22)18(24)17(12)23/h4-9H,1-3H3,(H,25,26). The molecule has 1 N–H and O–H groups in total. The first-order valence-corrected chi connectivity index (χ1v) is 9.34. The fourth-order valence-electron chi connectivity index (χ4n) is 2.85. The van der Waals surface area contributed by atoms with Crippen molar-refractivity contribution in [3.63, 3.8) is 0 Å². The first kappa shape index (κ1) is 20.6. The molecule has 1 amide bonds. The topological polar surface area (TPSA) is 55.4 Å². The van der Waals surface area contributed by atoms with Crippen LogP contribution >= 0.6 is 11.3 Å². The van der Waals surface area contributed by atoms with Crippen molar-refractivity contribution in [1.29, 1.82) is 0 Å². The van der Waals surface area contributed by atoms with Crippen LogP contribution in [0.4, 0.5) is 18.2 Å². The summed E-state index contributed by atoms with van der Waals surface area (Å²) in [6.45, 7) is 3.78. The summed E-state index contributed by atoms with van der Waals surface area (Å²) in [5.41, 5.74) is 2.62. The van der Waals surface area contributed by atoms with E-state index in [0.29, 0.717) is 11.6 Å². The van der Waals surface area contributed by atoms with Crippen molar-refractivity contribution in [3.8, 4) is 11.1 Å². The van der Waals surface area contributed by atoms with Gasteiger partial charge < -0.3 is 10.1 Å². The zero-order chi connectivity index (χ0) is 21.3. The number of amides is 1. The molecule has 0 atom stereocenters. The molecule has 0 aliphatic rings. The summed E-state index contributed by atoms with van der Waals surface area (Å²) in [6, 6.07) is 7.21. The van der Waals surface area contributed by atoms with Gasteiger partial charge in [-0.05, 0) is 37.1 Å². The number of aryl methyl sites for hydroxylation is 2. The van der Waals surface area contributed by atoms with Crippen LogP contribution in [0.1, 0.15) is 31.8 Å². The first-order valence-electron chi connectivity index (χ1n) is 8.46. The van der Waals surface area contributed by atoms with Crippen LogP contribution in [0.25, 0.3) is 11.1 Å². The van der Waals surface area contributed by atoms with Crippen molar-refractivity contribution < 1.29 is 27.5 Å². The highest BCUT2D eigenvalue weighted by molar-refractivity contribution is 7.15. The second-order valence-electron chi connectivity index (χ2n) is 6.34. The van der Waals surface area contributed by atoms with Crippen molar-refractivity contribution in [3.05, 3.63) is 75.4 Å². The van der Waals surface area contributed by atoms with E-state index in [4.69, 9.17) is 4.74 Å². The highest BCUT2D eigenvalue weighted by Crippen LogP contribution is 2.38. The summed E-state index contributed by atoms with van der Waals surface area (Å²) >= 11 is 1.04. The lowest BCUT2D eigenvalue weighted by Gasteiger charge is -2.10. The molecule has 8 heteroatoms. The molecular formula is C21H16F3NO3S. The third-order valence-corrected chi connectivity index (χ3v) is 5.27. The summed E-state index contributed by atoms with van der Waals surface area (Å²) in [7, 11) is 1.20. The van der Waals surface area contributed by atoms with Gasteiger partial charge in [0.2, 0.25) is 0 Å². The Kier molecular flexibility index (Phi) is 5.74. The second kappa shape index (κ2) is 8.08. The molecule has 0 bridgehead atoms. The normalized spacial score (nSPS) is 10.7. The van der Waals surface area contributed by atoms with Gasteiger partial charge in [-0.3, -0.25) is 4.79 Å². The number of esters is 1. The summed E-state index contributed by atoms with van der Waals surface area (Å²) in [4.78, 5) is 24.9. The number of ether oxygens (including phenoxy) is 1. The number of carbonyl (C=O) groups is 2. The molecule has 0 unspecified atom stereocenters. The number of hydrogen-bond donors (Lipinski definition) is 1. The maximum atomic E-state index is 13.9. The largest absolute Gasteiger partial charge is 0.465 e. The highest BCUT2D eigenvalue weighted by Gasteiger charge is 2.25. The number of carbonyl (C=O) groups excluding carboxylic acids is 2. The maximum absolute atomic E-state index is 13.9. The van der Waals surface area contributed by atoms with Gasteiger partial charge in [0.25, 0.3) is 5.91 Å². The number of hydrogen-bond acceptors (Lipinski definition) is 4. The van der Waals surface area contributed by atoms with Crippen molar-refractivity contribution in [2.75, 3.05) is 12.4 Å². The van der Waals surface area contributed by atoms with E-state index in [-0.39, 0.29) is 10.6 Å². The van der Waals surface area contributed by atoms with Crippen LogP contribution in [0.3, 0.4) is 0 Å². The molecule has 0 saturated heterocycles. The summed E-state index contributed by atoms with van der Waals surface area (Å²) in [5.74, 6) is -6.45. The molecule has 0 spiro atoms. The van der Waals surface area contributed by atoms with Crippen molar-refractivity contribution in [2.24, 2.45) is 0 Å². The van der Waals surface area contributed by atoms with Gasteiger partial charge in [0.15, 0.2) is 17.5 Å². The Bertz CT molecular complexity index is 1120. The Morgan fingerprint density at radius 3 is 2.41 bits per heavy atom. The number of nitrogens with one attached hydrogen (secondary N) is 1. The minimum Gasteiger partial charge on any atom is -0.465 e. The Hall–Kier alpha value is -3.13. The smallest absolute Gasteiger partial charge is 0.341 e. The van der Waals surface area contributed by atoms with Gasteiger partial charge in [-0.2, -0.15) is 0 Å². The maximum Gasteiger partial charge on any atom is 0.341 e. The van der Waals surface area contributed by atoms with E-state index in [1.54, 1.807) is 5.38 Å². The van der Waals surface area contributed by atoms with Gasteiger partial charge in [-0.1, -0.05) is 23.8 Å². The number of methoxy groups -OCH3 is 1. The van der Waals surface area contributed by atoms with E-state index >= 15 is 0 Å². The van der Waals surface area contributed by atoms with Crippen LogP contribution < -0.4 is 5.32 Å². The number of benzene rings is 2. The number of halogens is 3. The predicted octanol–water partition coefficient (Wildman–Crippen LogP) is 5.49. The Morgan fingerprint density at radius 1 is 1.00 bits per heavy atom. The third-order valence-electron chi connectivity index (χ3n) is 4.37. The molecule has 3 aromatic rings. The molecule has 2 aromatic carbocycles. The first-order chi connectivity index (χ1) is 13.7. The van der Waals surface area contributed by atoms with Crippen LogP contribution in [-0.4, -0.2) is 19.0 Å². The fraction of sp³-hybridized carbons (Fsp3) is 0.143. The fourth-order valence-corrected chi connectivity index (χ4v) is 3.79. The van der Waals surface area contributed by atoms with Crippen molar-refractivity contribution in [1.82, 2.24) is 0 Å². The molecule has 0 fully saturated rings. The predicted molar refractivity (Wildman–Crippen MR) is 105 cm³/mol. The minimum absolute atomic E-state index is 0.0996. The molecule has 1 aromatic heterocycles. The van der Waals surface area contributed by atoms with E-state index < -0.39 is 34.9 Å². The lowest BCUT2D eigenvalue weighted by Crippen LogP contribution is -2.16. The Labute approximate surface area is 168 Å². The third kappa shape index (κ3) is 3.88. The van der Waals surface area contributed by atoms with Crippen molar-refractivity contribution in [2.45, 2.75) is 13.8 Å². The second-order valence-corrected chi connectivity index (χ2v) is 7.22. The summed E-state index contributed by atoms with van der Waals surface area (Å²) < 4.78 is 45.4. The summed E-state index contributed by atoms with van der Waals surface area (Å²) in [5, 5.41) is 4.19. The van der Waals surface area contributed by atoms with Gasteiger partial charge in [0.1, 0.15) is 10.6 Å². The quantitative estimate of drug-likeness (QED) is 0.450. The average Bonchev–Trinajstić information content (AvgIpc) is 3.10. The van der Waals surface area contributed by atoms with E-state index in [9.17, 15) is 22.8 Å². The van der Waals surface area contributed by atoms with Crippen LogP contribution in [0.2, 0.25) is 0 Å². The van der Waals surface area contributed by atoms with Gasteiger partial charge >= 0.3 is 5.97 Å². The molecule has 0 saturated carbocycles. The zero-order valence-electron chi connectivity index (χ0n) is 15.7. The average molecular weight is 419 g/mol. The Balaban J connectivity index is 2.06. The molecular weight excluding hydrogens is 403 g/mol.